The second-order valence-electron chi connectivity index (χ2n) is 4.05. The maximum absolute atomic E-state index is 5.84. The van der Waals surface area contributed by atoms with E-state index in [-0.39, 0.29) is 0 Å². The molecule has 0 fully saturated rings. The zero-order valence-corrected chi connectivity index (χ0v) is 10.1. The van der Waals surface area contributed by atoms with E-state index >= 15 is 0 Å². The lowest BCUT2D eigenvalue weighted by Gasteiger charge is -2.09. The Bertz CT molecular complexity index is 459. The second kappa shape index (κ2) is 4.66. The Morgan fingerprint density at radius 2 is 1.94 bits per heavy atom. The molecule has 0 radical (unpaired) electrons. The van der Waals surface area contributed by atoms with E-state index in [9.17, 15) is 0 Å². The lowest BCUT2D eigenvalue weighted by atomic mass is 10.1. The molecule has 0 aliphatic carbocycles. The largest absolute Gasteiger partial charge is 0.315 e. The first-order chi connectivity index (χ1) is 7.66. The van der Waals surface area contributed by atoms with Gasteiger partial charge in [0.15, 0.2) is 0 Å². The molecular weight excluding hydrogens is 222 g/mol. The summed E-state index contributed by atoms with van der Waals surface area (Å²) in [6.07, 6.45) is 2.56. The maximum atomic E-state index is 5.84. The van der Waals surface area contributed by atoms with E-state index in [4.69, 9.17) is 11.6 Å². The monoisotopic (exact) mass is 235 g/mol. The van der Waals surface area contributed by atoms with Crippen molar-refractivity contribution >= 4 is 11.6 Å². The van der Waals surface area contributed by atoms with Gasteiger partial charge in [-0.3, -0.25) is 0 Å². The van der Waals surface area contributed by atoms with Crippen LogP contribution < -0.4 is 0 Å². The van der Waals surface area contributed by atoms with Gasteiger partial charge in [-0.25, -0.2) is 0 Å². The van der Waals surface area contributed by atoms with Crippen molar-refractivity contribution in [1.82, 2.24) is 14.8 Å². The molecular formula is C12H14ClN3. The Kier molecular flexibility index (Phi) is 3.25. The van der Waals surface area contributed by atoms with Crippen molar-refractivity contribution < 1.29 is 0 Å². The van der Waals surface area contributed by atoms with Crippen molar-refractivity contribution in [3.63, 3.8) is 0 Å². The summed E-state index contributed by atoms with van der Waals surface area (Å²) in [5, 5.41) is 8.84. The minimum absolute atomic E-state index is 0.386. The van der Waals surface area contributed by atoms with Gasteiger partial charge in [-0.1, -0.05) is 23.7 Å². The Hall–Kier alpha value is -1.35. The van der Waals surface area contributed by atoms with E-state index < -0.39 is 0 Å². The Morgan fingerprint density at radius 1 is 1.25 bits per heavy atom. The molecule has 0 saturated carbocycles. The summed E-state index contributed by atoms with van der Waals surface area (Å²) in [4.78, 5) is 0. The molecule has 0 aliphatic rings. The molecule has 1 heterocycles. The van der Waals surface area contributed by atoms with Crippen molar-refractivity contribution in [2.45, 2.75) is 26.3 Å². The summed E-state index contributed by atoms with van der Waals surface area (Å²) in [6.45, 7) is 4.24. The van der Waals surface area contributed by atoms with Crippen LogP contribution in [0.25, 0.3) is 0 Å². The van der Waals surface area contributed by atoms with Crippen LogP contribution in [-0.4, -0.2) is 14.8 Å². The molecule has 0 aliphatic heterocycles. The molecule has 3 nitrogen and oxygen atoms in total. The van der Waals surface area contributed by atoms with Crippen LogP contribution in [0.4, 0.5) is 0 Å². The third-order valence-corrected chi connectivity index (χ3v) is 2.73. The number of rotatable bonds is 3. The van der Waals surface area contributed by atoms with Gasteiger partial charge >= 0.3 is 0 Å². The fourth-order valence-corrected chi connectivity index (χ4v) is 1.74. The molecule has 0 spiro atoms. The van der Waals surface area contributed by atoms with Gasteiger partial charge in [-0.2, -0.15) is 0 Å². The highest BCUT2D eigenvalue weighted by Gasteiger charge is 2.07. The SMILES string of the molecule is CC(C)n1cnnc1Cc1ccc(Cl)cc1. The van der Waals surface area contributed by atoms with Crippen LogP contribution in [0.5, 0.6) is 0 Å². The summed E-state index contributed by atoms with van der Waals surface area (Å²) in [5.41, 5.74) is 1.19. The van der Waals surface area contributed by atoms with Gasteiger partial charge in [-0.15, -0.1) is 10.2 Å². The maximum Gasteiger partial charge on any atom is 0.137 e. The van der Waals surface area contributed by atoms with Gasteiger partial charge in [0.25, 0.3) is 0 Å². The predicted octanol–water partition coefficient (Wildman–Crippen LogP) is 3.10. The smallest absolute Gasteiger partial charge is 0.137 e. The third-order valence-electron chi connectivity index (χ3n) is 2.48. The van der Waals surface area contributed by atoms with Gasteiger partial charge in [0.2, 0.25) is 0 Å². The lowest BCUT2D eigenvalue weighted by Crippen LogP contribution is -2.05. The Labute approximate surface area is 100 Å². The summed E-state index contributed by atoms with van der Waals surface area (Å²) in [6, 6.07) is 8.21. The van der Waals surface area contributed by atoms with E-state index in [0.29, 0.717) is 6.04 Å². The molecule has 16 heavy (non-hydrogen) atoms. The second-order valence-corrected chi connectivity index (χ2v) is 4.49. The highest BCUT2D eigenvalue weighted by Crippen LogP contribution is 2.14. The molecule has 84 valence electrons. The summed E-state index contributed by atoms with van der Waals surface area (Å²) < 4.78 is 2.08. The number of halogens is 1. The summed E-state index contributed by atoms with van der Waals surface area (Å²) in [5.74, 6) is 0.984. The van der Waals surface area contributed by atoms with Gasteiger partial charge in [0.05, 0.1) is 0 Å². The van der Waals surface area contributed by atoms with Crippen molar-refractivity contribution in [3.8, 4) is 0 Å². The van der Waals surface area contributed by atoms with Crippen molar-refractivity contribution in [2.75, 3.05) is 0 Å². The number of benzene rings is 1. The van der Waals surface area contributed by atoms with Gasteiger partial charge in [-0.05, 0) is 31.5 Å². The van der Waals surface area contributed by atoms with E-state index in [1.165, 1.54) is 5.56 Å². The molecule has 0 atom stereocenters. The molecule has 1 aromatic heterocycles. The number of aromatic nitrogens is 3. The van der Waals surface area contributed by atoms with Crippen LogP contribution >= 0.6 is 11.6 Å². The average Bonchev–Trinajstić information content (AvgIpc) is 2.69. The van der Waals surface area contributed by atoms with E-state index in [1.807, 2.05) is 24.3 Å². The number of hydrogen-bond donors (Lipinski definition) is 0. The molecule has 0 saturated heterocycles. The summed E-state index contributed by atoms with van der Waals surface area (Å²) in [7, 11) is 0. The van der Waals surface area contributed by atoms with Crippen molar-refractivity contribution in [1.29, 1.82) is 0 Å². The summed E-state index contributed by atoms with van der Waals surface area (Å²) >= 11 is 5.84. The highest BCUT2D eigenvalue weighted by molar-refractivity contribution is 6.30. The van der Waals surface area contributed by atoms with Gasteiger partial charge in [0.1, 0.15) is 12.2 Å². The zero-order valence-electron chi connectivity index (χ0n) is 9.39. The van der Waals surface area contributed by atoms with Crippen molar-refractivity contribution in [3.05, 3.63) is 47.0 Å². The Morgan fingerprint density at radius 3 is 2.56 bits per heavy atom. The molecule has 0 bridgehead atoms. The van der Waals surface area contributed by atoms with E-state index in [2.05, 4.69) is 28.6 Å². The first kappa shape index (κ1) is 11.1. The standard InChI is InChI=1S/C12H14ClN3/c1-9(2)16-8-14-15-12(16)7-10-3-5-11(13)6-4-10/h3-6,8-9H,7H2,1-2H3. The van der Waals surface area contributed by atoms with E-state index in [1.54, 1.807) is 6.33 Å². The quantitative estimate of drug-likeness (QED) is 0.819. The molecule has 0 N–H and O–H groups in total. The fraction of sp³-hybridized carbons (Fsp3) is 0.333. The van der Waals surface area contributed by atoms with Crippen LogP contribution in [0, 0.1) is 0 Å². The molecule has 2 aromatic rings. The van der Waals surface area contributed by atoms with Crippen LogP contribution in [0.3, 0.4) is 0 Å². The van der Waals surface area contributed by atoms with Crippen LogP contribution in [0.1, 0.15) is 31.3 Å². The van der Waals surface area contributed by atoms with Crippen molar-refractivity contribution in [2.24, 2.45) is 0 Å². The molecule has 1 aromatic carbocycles. The molecule has 0 amide bonds. The zero-order chi connectivity index (χ0) is 11.5. The fourth-order valence-electron chi connectivity index (χ4n) is 1.61. The van der Waals surface area contributed by atoms with Crippen LogP contribution in [0.15, 0.2) is 30.6 Å². The lowest BCUT2D eigenvalue weighted by molar-refractivity contribution is 0.574. The topological polar surface area (TPSA) is 30.7 Å². The Balaban J connectivity index is 2.20. The average molecular weight is 236 g/mol. The van der Waals surface area contributed by atoms with Crippen LogP contribution in [-0.2, 0) is 6.42 Å². The number of nitrogens with zero attached hydrogens (tertiary/aromatic N) is 3. The first-order valence-corrected chi connectivity index (χ1v) is 5.67. The predicted molar refractivity (Wildman–Crippen MR) is 64.7 cm³/mol. The molecule has 0 unspecified atom stereocenters. The number of hydrogen-bond acceptors (Lipinski definition) is 2. The minimum atomic E-state index is 0.386. The van der Waals surface area contributed by atoms with E-state index in [0.717, 1.165) is 17.3 Å². The van der Waals surface area contributed by atoms with Gasteiger partial charge < -0.3 is 4.57 Å². The molecule has 4 heteroatoms. The normalized spacial score (nSPS) is 11.0. The molecule has 2 rings (SSSR count). The van der Waals surface area contributed by atoms with Gasteiger partial charge in [0, 0.05) is 17.5 Å². The first-order valence-electron chi connectivity index (χ1n) is 5.29. The highest BCUT2D eigenvalue weighted by atomic mass is 35.5. The minimum Gasteiger partial charge on any atom is -0.315 e. The third kappa shape index (κ3) is 2.42. The van der Waals surface area contributed by atoms with Crippen LogP contribution in [0.2, 0.25) is 5.02 Å².